The summed E-state index contributed by atoms with van der Waals surface area (Å²) in [7, 11) is 0. The van der Waals surface area contributed by atoms with Crippen LogP contribution in [0.3, 0.4) is 0 Å². The second kappa shape index (κ2) is 11.2. The van der Waals surface area contributed by atoms with Gasteiger partial charge in [-0.3, -0.25) is 0 Å². The summed E-state index contributed by atoms with van der Waals surface area (Å²) in [4.78, 5) is 4.52. The summed E-state index contributed by atoms with van der Waals surface area (Å²) in [5.74, 6) is 2.05. The molecule has 1 heterocycles. The van der Waals surface area contributed by atoms with Gasteiger partial charge in [-0.1, -0.05) is 45.9 Å². The maximum absolute atomic E-state index is 9.98. The monoisotopic (exact) mass is 623 g/mol. The molecule has 0 amide bonds. The van der Waals surface area contributed by atoms with Crippen LogP contribution in [-0.2, 0) is 20.1 Å². The molecule has 3 aromatic rings. The standard InChI is InChI=1S/C18H16N.C11H20O2.Ir/c1-13(2)15-8-9-17-16(12-15)10-11-19-18(17)14-6-4-3-5-7-14;1-6-3-4-8-5-7(2)11(13)9(8)10(6)12;/h3-6,8-13H,1-2H3;6-13H,3-5H2,1-2H3;/q-1;;/t;6-,7-,8?,9?,10?,11?;/m.0./s1. The largest absolute Gasteiger partial charge is 0.392 e. The van der Waals surface area contributed by atoms with Gasteiger partial charge in [0.05, 0.1) is 12.2 Å². The molecule has 179 valence electrons. The summed E-state index contributed by atoms with van der Waals surface area (Å²) < 4.78 is 0. The molecule has 6 atom stereocenters. The third kappa shape index (κ3) is 5.57. The molecule has 0 aliphatic heterocycles. The van der Waals surface area contributed by atoms with E-state index in [1.807, 2.05) is 24.4 Å². The Morgan fingerprint density at radius 2 is 1.73 bits per heavy atom. The summed E-state index contributed by atoms with van der Waals surface area (Å²) in [5, 5.41) is 22.3. The van der Waals surface area contributed by atoms with Crippen LogP contribution in [0.2, 0.25) is 0 Å². The van der Waals surface area contributed by atoms with Crippen LogP contribution in [-0.4, -0.2) is 27.4 Å². The molecular weight excluding hydrogens is 587 g/mol. The second-order valence-corrected chi connectivity index (χ2v) is 10.2. The minimum atomic E-state index is -0.265. The Morgan fingerprint density at radius 1 is 0.970 bits per heavy atom. The van der Waals surface area contributed by atoms with Crippen molar-refractivity contribution in [2.24, 2.45) is 23.7 Å². The maximum atomic E-state index is 9.98. The molecule has 5 rings (SSSR count). The van der Waals surface area contributed by atoms with Crippen LogP contribution in [0.15, 0.2) is 54.7 Å². The van der Waals surface area contributed by atoms with Crippen molar-refractivity contribution in [2.45, 2.75) is 65.1 Å². The number of pyridine rings is 1. The van der Waals surface area contributed by atoms with Gasteiger partial charge >= 0.3 is 0 Å². The fraction of sp³-hybridized carbons (Fsp3) is 0.483. The molecule has 4 unspecified atom stereocenters. The predicted molar refractivity (Wildman–Crippen MR) is 131 cm³/mol. The van der Waals surface area contributed by atoms with Crippen LogP contribution in [0.4, 0.5) is 0 Å². The summed E-state index contributed by atoms with van der Waals surface area (Å²) in [6.45, 7) is 8.62. The molecule has 1 radical (unpaired) electrons. The van der Waals surface area contributed by atoms with E-state index in [4.69, 9.17) is 0 Å². The zero-order valence-corrected chi connectivity index (χ0v) is 22.4. The second-order valence-electron chi connectivity index (χ2n) is 10.2. The zero-order chi connectivity index (χ0) is 22.8. The van der Waals surface area contributed by atoms with E-state index < -0.39 is 0 Å². The van der Waals surface area contributed by atoms with Crippen LogP contribution >= 0.6 is 0 Å². The molecule has 2 N–H and O–H groups in total. The number of rotatable bonds is 2. The molecule has 1 aromatic heterocycles. The molecule has 0 spiro atoms. The smallest absolute Gasteiger partial charge is 0.0621 e. The van der Waals surface area contributed by atoms with Crippen molar-refractivity contribution in [1.29, 1.82) is 0 Å². The summed E-state index contributed by atoms with van der Waals surface area (Å²) >= 11 is 0. The average Bonchev–Trinajstić information content (AvgIpc) is 3.10. The van der Waals surface area contributed by atoms with E-state index in [0.717, 1.165) is 24.1 Å². The molecule has 2 saturated carbocycles. The maximum Gasteiger partial charge on any atom is 0.0621 e. The number of hydrogen-bond donors (Lipinski definition) is 2. The predicted octanol–water partition coefficient (Wildman–Crippen LogP) is 6.23. The molecule has 0 saturated heterocycles. The van der Waals surface area contributed by atoms with Crippen molar-refractivity contribution in [3.8, 4) is 11.3 Å². The van der Waals surface area contributed by atoms with E-state index in [-0.39, 0.29) is 38.2 Å². The number of benzene rings is 2. The number of aromatic nitrogens is 1. The van der Waals surface area contributed by atoms with Crippen LogP contribution in [0, 0.1) is 29.7 Å². The van der Waals surface area contributed by atoms with Crippen molar-refractivity contribution in [1.82, 2.24) is 4.98 Å². The van der Waals surface area contributed by atoms with E-state index >= 15 is 0 Å². The van der Waals surface area contributed by atoms with Crippen molar-refractivity contribution >= 4 is 10.8 Å². The topological polar surface area (TPSA) is 53.4 Å². The Balaban J connectivity index is 0.000000192. The van der Waals surface area contributed by atoms with Gasteiger partial charge in [-0.05, 0) is 71.0 Å². The normalized spacial score (nSPS) is 28.6. The number of aliphatic hydroxyl groups is 2. The summed E-state index contributed by atoms with van der Waals surface area (Å²) in [6, 6.07) is 19.9. The number of nitrogens with zero attached hydrogens (tertiary/aromatic N) is 1. The van der Waals surface area contributed by atoms with Gasteiger partial charge in [0.25, 0.3) is 0 Å². The summed E-state index contributed by atoms with van der Waals surface area (Å²) in [6.07, 6.45) is 4.78. The molecule has 33 heavy (non-hydrogen) atoms. The van der Waals surface area contributed by atoms with E-state index in [2.05, 4.69) is 69.1 Å². The molecule has 2 aliphatic carbocycles. The zero-order valence-electron chi connectivity index (χ0n) is 20.0. The first kappa shape index (κ1) is 26.0. The number of fused-ring (bicyclic) bond motifs is 2. The fourth-order valence-electron chi connectivity index (χ4n) is 5.56. The molecule has 0 bridgehead atoms. The Kier molecular flexibility index (Phi) is 8.86. The SMILES string of the molecule is CC(C)c1ccc2c(-c3[c-]cccc3)nccc2c1.C[C@H]1CCC2C[C@H](C)C(O)C2C1O.[Ir]. The Labute approximate surface area is 212 Å². The van der Waals surface area contributed by atoms with Gasteiger partial charge in [0.15, 0.2) is 0 Å². The van der Waals surface area contributed by atoms with Crippen LogP contribution in [0.5, 0.6) is 0 Å². The van der Waals surface area contributed by atoms with Gasteiger partial charge in [0.2, 0.25) is 0 Å². The quantitative estimate of drug-likeness (QED) is 0.333. The molecular formula is C29H36IrNO2-. The van der Waals surface area contributed by atoms with Crippen molar-refractivity contribution < 1.29 is 30.3 Å². The van der Waals surface area contributed by atoms with Gasteiger partial charge in [0, 0.05) is 32.2 Å². The van der Waals surface area contributed by atoms with Gasteiger partial charge in [-0.15, -0.1) is 35.9 Å². The molecule has 2 fully saturated rings. The summed E-state index contributed by atoms with van der Waals surface area (Å²) in [5.41, 5.74) is 3.42. The van der Waals surface area contributed by atoms with Crippen LogP contribution < -0.4 is 0 Å². The molecule has 4 heteroatoms. The average molecular weight is 623 g/mol. The third-order valence-electron chi connectivity index (χ3n) is 7.59. The number of hydrogen-bond acceptors (Lipinski definition) is 3. The van der Waals surface area contributed by atoms with Crippen LogP contribution in [0.25, 0.3) is 22.0 Å². The van der Waals surface area contributed by atoms with E-state index in [1.165, 1.54) is 22.8 Å². The van der Waals surface area contributed by atoms with Crippen LogP contribution in [0.1, 0.15) is 58.4 Å². The fourth-order valence-corrected chi connectivity index (χ4v) is 5.56. The van der Waals surface area contributed by atoms with Crippen molar-refractivity contribution in [3.63, 3.8) is 0 Å². The minimum Gasteiger partial charge on any atom is -0.392 e. The van der Waals surface area contributed by atoms with Gasteiger partial charge in [-0.25, -0.2) is 0 Å². The first-order valence-corrected chi connectivity index (χ1v) is 12.1. The van der Waals surface area contributed by atoms with Gasteiger partial charge in [0.1, 0.15) is 0 Å². The van der Waals surface area contributed by atoms with Crippen molar-refractivity contribution in [2.75, 3.05) is 0 Å². The van der Waals surface area contributed by atoms with E-state index in [9.17, 15) is 10.2 Å². The molecule has 3 nitrogen and oxygen atoms in total. The molecule has 2 aromatic carbocycles. The van der Waals surface area contributed by atoms with Gasteiger partial charge < -0.3 is 15.2 Å². The van der Waals surface area contributed by atoms with Crippen molar-refractivity contribution in [3.05, 3.63) is 66.4 Å². The minimum absolute atomic E-state index is 0. The number of aliphatic hydroxyl groups excluding tert-OH is 2. The van der Waals surface area contributed by atoms with E-state index in [0.29, 0.717) is 23.7 Å². The third-order valence-corrected chi connectivity index (χ3v) is 7.59. The van der Waals surface area contributed by atoms with E-state index in [1.54, 1.807) is 0 Å². The Morgan fingerprint density at radius 3 is 2.42 bits per heavy atom. The molecule has 2 aliphatic rings. The van der Waals surface area contributed by atoms with Gasteiger partial charge in [-0.2, -0.15) is 0 Å². The first-order valence-electron chi connectivity index (χ1n) is 12.1. The first-order chi connectivity index (χ1) is 15.4. The Hall–Kier alpha value is -1.58. The Bertz CT molecular complexity index is 1040.